The van der Waals surface area contributed by atoms with E-state index >= 15 is 0 Å². The molecule has 0 radical (unpaired) electrons. The molecule has 0 amide bonds. The number of allylic oxidation sites excluding steroid dienone is 5. The molecule has 2 unspecified atom stereocenters. The standard InChI is InChI=1S/C26H26O/c1-3-4-13-22-19(2)15-16-24(22)26(17-20-10-6-5-7-11-20)18-21-12-8-9-14-23(21)25(26)27/h3-14,24H,2,15-18H2,1H3/b4-3-,22-13+. The van der Waals surface area contributed by atoms with Gasteiger partial charge in [-0.05, 0) is 55.2 Å². The second-order valence-corrected chi connectivity index (χ2v) is 7.82. The lowest BCUT2D eigenvalue weighted by Gasteiger charge is -2.35. The van der Waals surface area contributed by atoms with Crippen LogP contribution < -0.4 is 0 Å². The Balaban J connectivity index is 1.83. The van der Waals surface area contributed by atoms with E-state index in [0.717, 1.165) is 31.2 Å². The zero-order valence-corrected chi connectivity index (χ0v) is 15.9. The molecule has 1 nitrogen and oxygen atoms in total. The van der Waals surface area contributed by atoms with Crippen molar-refractivity contribution in [2.45, 2.75) is 32.6 Å². The van der Waals surface area contributed by atoms with Crippen molar-refractivity contribution in [1.29, 1.82) is 0 Å². The summed E-state index contributed by atoms with van der Waals surface area (Å²) in [5.74, 6) is 0.536. The molecule has 0 bridgehead atoms. The number of benzene rings is 2. The van der Waals surface area contributed by atoms with Crippen LogP contribution >= 0.6 is 0 Å². The van der Waals surface area contributed by atoms with Crippen molar-refractivity contribution in [3.8, 4) is 0 Å². The topological polar surface area (TPSA) is 17.1 Å². The van der Waals surface area contributed by atoms with Crippen LogP contribution in [0.3, 0.4) is 0 Å². The van der Waals surface area contributed by atoms with E-state index in [1.54, 1.807) is 0 Å². The first kappa shape index (κ1) is 17.7. The van der Waals surface area contributed by atoms with E-state index in [9.17, 15) is 4.79 Å². The molecule has 1 heteroatoms. The second-order valence-electron chi connectivity index (χ2n) is 7.82. The molecule has 136 valence electrons. The minimum Gasteiger partial charge on any atom is -0.293 e. The Bertz CT molecular complexity index is 932. The van der Waals surface area contributed by atoms with Crippen LogP contribution in [0.15, 0.2) is 90.6 Å². The molecule has 27 heavy (non-hydrogen) atoms. The molecule has 2 aromatic carbocycles. The molecule has 1 fully saturated rings. The molecule has 0 heterocycles. The van der Waals surface area contributed by atoms with Gasteiger partial charge in [-0.25, -0.2) is 0 Å². The highest BCUT2D eigenvalue weighted by Crippen LogP contribution is 2.53. The fourth-order valence-electron chi connectivity index (χ4n) is 4.96. The molecular weight excluding hydrogens is 328 g/mol. The van der Waals surface area contributed by atoms with E-state index in [1.165, 1.54) is 22.3 Å². The molecule has 0 aliphatic heterocycles. The van der Waals surface area contributed by atoms with Crippen LogP contribution in [0, 0.1) is 11.3 Å². The summed E-state index contributed by atoms with van der Waals surface area (Å²) in [6, 6.07) is 18.6. The van der Waals surface area contributed by atoms with Gasteiger partial charge >= 0.3 is 0 Å². The normalized spacial score (nSPS) is 26.3. The number of fused-ring (bicyclic) bond motifs is 1. The Morgan fingerprint density at radius 1 is 1.11 bits per heavy atom. The molecule has 0 aromatic heterocycles. The van der Waals surface area contributed by atoms with Crippen LogP contribution in [-0.4, -0.2) is 5.78 Å². The number of carbonyl (C=O) groups is 1. The molecule has 2 atom stereocenters. The predicted octanol–water partition coefficient (Wildman–Crippen LogP) is 6.12. The van der Waals surface area contributed by atoms with E-state index in [4.69, 9.17) is 0 Å². The molecule has 0 saturated heterocycles. The third-order valence-corrected chi connectivity index (χ3v) is 6.24. The van der Waals surface area contributed by atoms with Gasteiger partial charge in [-0.1, -0.05) is 85.0 Å². The van der Waals surface area contributed by atoms with Gasteiger partial charge in [0.1, 0.15) is 0 Å². The minimum atomic E-state index is -0.405. The SMILES string of the molecule is C=C1CCC(C2(Cc3ccccc3)Cc3ccccc3C2=O)/C1=C/C=C\C. The Labute approximate surface area is 162 Å². The first-order valence-electron chi connectivity index (χ1n) is 9.83. The highest BCUT2D eigenvalue weighted by Gasteiger charge is 2.52. The molecule has 2 aliphatic carbocycles. The maximum atomic E-state index is 13.8. The van der Waals surface area contributed by atoms with Crippen LogP contribution in [0.25, 0.3) is 0 Å². The lowest BCUT2D eigenvalue weighted by molar-refractivity contribution is 0.0738. The summed E-state index contributed by atoms with van der Waals surface area (Å²) < 4.78 is 0. The third-order valence-electron chi connectivity index (χ3n) is 6.24. The number of Topliss-reactive ketones (excluding diaryl/α,β-unsaturated/α-hetero) is 1. The van der Waals surface area contributed by atoms with Crippen molar-refractivity contribution in [2.24, 2.45) is 11.3 Å². The van der Waals surface area contributed by atoms with Crippen molar-refractivity contribution in [3.63, 3.8) is 0 Å². The zero-order valence-electron chi connectivity index (χ0n) is 15.9. The molecular formula is C26H26O. The lowest BCUT2D eigenvalue weighted by atomic mass is 9.66. The number of ketones is 1. The van der Waals surface area contributed by atoms with Crippen molar-refractivity contribution in [3.05, 3.63) is 107 Å². The molecule has 4 rings (SSSR count). The maximum absolute atomic E-state index is 13.8. The second kappa shape index (κ2) is 7.15. The van der Waals surface area contributed by atoms with Crippen LogP contribution in [0.2, 0.25) is 0 Å². The summed E-state index contributed by atoms with van der Waals surface area (Å²) in [5.41, 5.74) is 5.40. The van der Waals surface area contributed by atoms with Gasteiger partial charge < -0.3 is 0 Å². The first-order valence-corrected chi connectivity index (χ1v) is 9.83. The Hall–Kier alpha value is -2.67. The smallest absolute Gasteiger partial charge is 0.170 e. The molecule has 1 saturated carbocycles. The van der Waals surface area contributed by atoms with Crippen LogP contribution in [0.4, 0.5) is 0 Å². The number of hydrogen-bond donors (Lipinski definition) is 0. The highest BCUT2D eigenvalue weighted by molar-refractivity contribution is 6.05. The van der Waals surface area contributed by atoms with Gasteiger partial charge in [0.2, 0.25) is 0 Å². The summed E-state index contributed by atoms with van der Waals surface area (Å²) >= 11 is 0. The monoisotopic (exact) mass is 354 g/mol. The van der Waals surface area contributed by atoms with Gasteiger partial charge in [0.15, 0.2) is 5.78 Å². The van der Waals surface area contributed by atoms with Gasteiger partial charge in [-0.3, -0.25) is 4.79 Å². The van der Waals surface area contributed by atoms with Gasteiger partial charge in [0.05, 0.1) is 0 Å². The highest BCUT2D eigenvalue weighted by atomic mass is 16.1. The summed E-state index contributed by atoms with van der Waals surface area (Å²) in [7, 11) is 0. The maximum Gasteiger partial charge on any atom is 0.170 e. The fourth-order valence-corrected chi connectivity index (χ4v) is 4.96. The van der Waals surface area contributed by atoms with Gasteiger partial charge in [0, 0.05) is 11.0 Å². The van der Waals surface area contributed by atoms with Gasteiger partial charge in [-0.15, -0.1) is 0 Å². The number of hydrogen-bond acceptors (Lipinski definition) is 1. The van der Waals surface area contributed by atoms with E-state index in [-0.39, 0.29) is 5.92 Å². The summed E-state index contributed by atoms with van der Waals surface area (Å²) in [4.78, 5) is 13.8. The van der Waals surface area contributed by atoms with Gasteiger partial charge in [-0.2, -0.15) is 0 Å². The Kier molecular flexibility index (Phi) is 4.70. The fraction of sp³-hybridized carbons (Fsp3) is 0.269. The van der Waals surface area contributed by atoms with Crippen LogP contribution in [0.5, 0.6) is 0 Å². The number of rotatable bonds is 4. The average molecular weight is 354 g/mol. The van der Waals surface area contributed by atoms with Gasteiger partial charge in [0.25, 0.3) is 0 Å². The summed E-state index contributed by atoms with van der Waals surface area (Å²) in [6.45, 7) is 6.34. The molecule has 2 aromatic rings. The quantitative estimate of drug-likeness (QED) is 0.646. The minimum absolute atomic E-state index is 0.223. The Morgan fingerprint density at radius 2 is 1.85 bits per heavy atom. The van der Waals surface area contributed by atoms with Crippen molar-refractivity contribution >= 4 is 5.78 Å². The zero-order chi connectivity index (χ0) is 18.9. The number of carbonyl (C=O) groups excluding carboxylic acids is 1. The van der Waals surface area contributed by atoms with Crippen molar-refractivity contribution in [2.75, 3.05) is 0 Å². The van der Waals surface area contributed by atoms with Crippen LogP contribution in [0.1, 0.15) is 41.3 Å². The summed E-state index contributed by atoms with van der Waals surface area (Å²) in [6.07, 6.45) is 9.91. The average Bonchev–Trinajstić information content (AvgIpc) is 3.20. The van der Waals surface area contributed by atoms with E-state index in [2.05, 4.69) is 55.1 Å². The largest absolute Gasteiger partial charge is 0.293 e. The molecule has 0 spiro atoms. The Morgan fingerprint density at radius 3 is 2.59 bits per heavy atom. The molecule has 2 aliphatic rings. The van der Waals surface area contributed by atoms with Crippen LogP contribution in [-0.2, 0) is 12.8 Å². The third kappa shape index (κ3) is 3.02. The van der Waals surface area contributed by atoms with E-state index in [1.807, 2.05) is 31.2 Å². The molecule has 0 N–H and O–H groups in total. The van der Waals surface area contributed by atoms with Crippen molar-refractivity contribution < 1.29 is 4.79 Å². The first-order chi connectivity index (χ1) is 13.2. The lowest BCUT2D eigenvalue weighted by Crippen LogP contribution is -2.38. The van der Waals surface area contributed by atoms with E-state index < -0.39 is 5.41 Å². The predicted molar refractivity (Wildman–Crippen MR) is 112 cm³/mol. The summed E-state index contributed by atoms with van der Waals surface area (Å²) in [5, 5.41) is 0. The van der Waals surface area contributed by atoms with E-state index in [0.29, 0.717) is 5.78 Å². The van der Waals surface area contributed by atoms with Crippen molar-refractivity contribution in [1.82, 2.24) is 0 Å².